The van der Waals surface area contributed by atoms with Crippen LogP contribution in [0.2, 0.25) is 0 Å². The molecule has 3 heterocycles. The van der Waals surface area contributed by atoms with Crippen molar-refractivity contribution in [3.05, 3.63) is 12.3 Å². The average molecular weight is 431 g/mol. The number of fused-ring (bicyclic) bond motifs is 1. The maximum Gasteiger partial charge on any atom is 0.414 e. The molecule has 1 saturated heterocycles. The minimum atomic E-state index is -0.593. The van der Waals surface area contributed by atoms with Gasteiger partial charge in [0.15, 0.2) is 0 Å². The molecule has 0 N–H and O–H groups in total. The number of rotatable bonds is 5. The molecule has 2 aromatic rings. The molecular formula is C23H34N4O4. The van der Waals surface area contributed by atoms with Gasteiger partial charge in [0.1, 0.15) is 22.7 Å². The number of hydrogen-bond donors (Lipinski definition) is 0. The zero-order chi connectivity index (χ0) is 22.0. The number of anilines is 1. The van der Waals surface area contributed by atoms with Crippen molar-refractivity contribution >= 4 is 22.8 Å². The van der Waals surface area contributed by atoms with E-state index in [1.807, 2.05) is 40.1 Å². The Balaban J connectivity index is 1.71. The second-order valence-corrected chi connectivity index (χ2v) is 9.69. The number of hydrogen-bond acceptors (Lipinski definition) is 6. The first-order valence-corrected chi connectivity index (χ1v) is 11.4. The van der Waals surface area contributed by atoms with Crippen LogP contribution in [0.5, 0.6) is 5.88 Å². The van der Waals surface area contributed by atoms with Gasteiger partial charge in [-0.25, -0.2) is 9.78 Å². The van der Waals surface area contributed by atoms with Crippen molar-refractivity contribution in [2.45, 2.75) is 71.0 Å². The highest BCUT2D eigenvalue weighted by Gasteiger charge is 2.30. The van der Waals surface area contributed by atoms with Crippen LogP contribution in [0, 0.1) is 5.92 Å². The maximum absolute atomic E-state index is 13.3. The molecule has 170 valence electrons. The molecule has 2 aliphatic rings. The molecule has 0 bridgehead atoms. The molecule has 1 aliphatic carbocycles. The Morgan fingerprint density at radius 3 is 2.61 bits per heavy atom. The highest BCUT2D eigenvalue weighted by molar-refractivity contribution is 5.98. The topological polar surface area (TPSA) is 78.7 Å². The van der Waals surface area contributed by atoms with E-state index >= 15 is 0 Å². The van der Waals surface area contributed by atoms with E-state index in [9.17, 15) is 4.79 Å². The second kappa shape index (κ2) is 9.02. The van der Waals surface area contributed by atoms with Gasteiger partial charge in [0.05, 0.1) is 11.9 Å². The summed E-state index contributed by atoms with van der Waals surface area (Å²) < 4.78 is 19.2. The predicted molar refractivity (Wildman–Crippen MR) is 119 cm³/mol. The van der Waals surface area contributed by atoms with Crippen LogP contribution in [0.1, 0.15) is 59.3 Å². The van der Waals surface area contributed by atoms with Crippen molar-refractivity contribution < 1.29 is 19.0 Å². The maximum atomic E-state index is 13.3. The molecule has 8 heteroatoms. The number of amides is 1. The number of aryl methyl sites for hydroxylation is 1. The van der Waals surface area contributed by atoms with Crippen LogP contribution < -0.4 is 9.64 Å². The number of nitrogens with zero attached hydrogens (tertiary/aromatic N) is 4. The van der Waals surface area contributed by atoms with Gasteiger partial charge in [0.25, 0.3) is 0 Å². The Kier molecular flexibility index (Phi) is 6.36. The van der Waals surface area contributed by atoms with Crippen molar-refractivity contribution in [3.8, 4) is 5.88 Å². The summed E-state index contributed by atoms with van der Waals surface area (Å²) in [5, 5.41) is 4.60. The van der Waals surface area contributed by atoms with Gasteiger partial charge in [0, 0.05) is 32.9 Å². The molecule has 1 aliphatic heterocycles. The van der Waals surface area contributed by atoms with E-state index in [1.165, 1.54) is 12.8 Å². The number of ether oxygens (including phenoxy) is 3. The molecule has 0 atom stereocenters. The Bertz CT molecular complexity index is 908. The molecule has 0 radical (unpaired) electrons. The van der Waals surface area contributed by atoms with Crippen molar-refractivity contribution in [2.75, 3.05) is 24.7 Å². The zero-order valence-corrected chi connectivity index (χ0v) is 19.1. The lowest BCUT2D eigenvalue weighted by molar-refractivity contribution is 0.0515. The molecular weight excluding hydrogens is 396 g/mol. The van der Waals surface area contributed by atoms with Gasteiger partial charge in [-0.15, -0.1) is 0 Å². The van der Waals surface area contributed by atoms with E-state index in [-0.39, 0.29) is 12.2 Å². The lowest BCUT2D eigenvalue weighted by Crippen LogP contribution is -2.41. The van der Waals surface area contributed by atoms with Crippen LogP contribution in [0.15, 0.2) is 12.3 Å². The highest BCUT2D eigenvalue weighted by atomic mass is 16.6. The average Bonchev–Trinajstić information content (AvgIpc) is 3.33. The number of carbonyl (C=O) groups excluding carboxylic acids is 1. The zero-order valence-electron chi connectivity index (χ0n) is 19.1. The molecule has 1 saturated carbocycles. The normalized spacial score (nSPS) is 18.5. The Morgan fingerprint density at radius 1 is 1.23 bits per heavy atom. The summed E-state index contributed by atoms with van der Waals surface area (Å²) in [5.41, 5.74) is 1.50. The molecule has 31 heavy (non-hydrogen) atoms. The fourth-order valence-corrected chi connectivity index (χ4v) is 4.30. The summed E-state index contributed by atoms with van der Waals surface area (Å²) in [6.45, 7) is 7.65. The number of carbonyl (C=O) groups is 1. The Hall–Kier alpha value is -2.35. The van der Waals surface area contributed by atoms with Gasteiger partial charge in [-0.2, -0.15) is 5.10 Å². The van der Waals surface area contributed by atoms with Gasteiger partial charge in [0.2, 0.25) is 5.88 Å². The SMILES string of the molecule is Cn1cc2nc(OC3CCCC3)cc(N(CC3CCOCC3)C(=O)OC(C)(C)C)c2n1. The minimum Gasteiger partial charge on any atom is -0.474 e. The fourth-order valence-electron chi connectivity index (χ4n) is 4.30. The molecule has 0 spiro atoms. The highest BCUT2D eigenvalue weighted by Crippen LogP contribution is 2.33. The first-order valence-electron chi connectivity index (χ1n) is 11.4. The molecule has 8 nitrogen and oxygen atoms in total. The third-order valence-corrected chi connectivity index (χ3v) is 5.82. The van der Waals surface area contributed by atoms with Crippen LogP contribution in [-0.2, 0) is 16.5 Å². The van der Waals surface area contributed by atoms with Crippen molar-refractivity contribution in [3.63, 3.8) is 0 Å². The van der Waals surface area contributed by atoms with Crippen LogP contribution in [0.4, 0.5) is 10.5 Å². The van der Waals surface area contributed by atoms with E-state index in [0.29, 0.717) is 35.1 Å². The van der Waals surface area contributed by atoms with E-state index < -0.39 is 5.60 Å². The Morgan fingerprint density at radius 2 is 1.94 bits per heavy atom. The van der Waals surface area contributed by atoms with E-state index in [1.54, 1.807) is 9.58 Å². The van der Waals surface area contributed by atoms with Crippen LogP contribution in [0.25, 0.3) is 11.0 Å². The Labute approximate surface area is 183 Å². The van der Waals surface area contributed by atoms with Gasteiger partial charge in [-0.3, -0.25) is 9.58 Å². The van der Waals surface area contributed by atoms with Gasteiger partial charge in [-0.05, 0) is 65.2 Å². The largest absolute Gasteiger partial charge is 0.474 e. The van der Waals surface area contributed by atoms with Crippen LogP contribution >= 0.6 is 0 Å². The van der Waals surface area contributed by atoms with Gasteiger partial charge >= 0.3 is 6.09 Å². The third-order valence-electron chi connectivity index (χ3n) is 5.82. The number of aromatic nitrogens is 3. The third kappa shape index (κ3) is 5.47. The lowest BCUT2D eigenvalue weighted by atomic mass is 9.99. The second-order valence-electron chi connectivity index (χ2n) is 9.69. The van der Waals surface area contributed by atoms with Crippen molar-refractivity contribution in [2.24, 2.45) is 13.0 Å². The molecule has 0 aromatic carbocycles. The summed E-state index contributed by atoms with van der Waals surface area (Å²) >= 11 is 0. The summed E-state index contributed by atoms with van der Waals surface area (Å²) in [6, 6.07) is 1.86. The fraction of sp³-hybridized carbons (Fsp3) is 0.696. The van der Waals surface area contributed by atoms with Crippen molar-refractivity contribution in [1.82, 2.24) is 14.8 Å². The first-order chi connectivity index (χ1) is 14.8. The smallest absolute Gasteiger partial charge is 0.414 e. The molecule has 4 rings (SSSR count). The molecule has 2 fully saturated rings. The number of pyridine rings is 1. The molecule has 2 aromatic heterocycles. The molecule has 1 amide bonds. The van der Waals surface area contributed by atoms with Crippen LogP contribution in [-0.4, -0.2) is 52.3 Å². The lowest BCUT2D eigenvalue weighted by Gasteiger charge is -2.32. The van der Waals surface area contributed by atoms with Crippen LogP contribution in [0.3, 0.4) is 0 Å². The summed E-state index contributed by atoms with van der Waals surface area (Å²) in [5.74, 6) is 0.885. The minimum absolute atomic E-state index is 0.181. The summed E-state index contributed by atoms with van der Waals surface area (Å²) in [6.07, 6.45) is 7.95. The van der Waals surface area contributed by atoms with E-state index in [2.05, 4.69) is 10.1 Å². The van der Waals surface area contributed by atoms with Gasteiger partial charge in [-0.1, -0.05) is 0 Å². The molecule has 0 unspecified atom stereocenters. The summed E-state index contributed by atoms with van der Waals surface area (Å²) in [4.78, 5) is 19.7. The van der Waals surface area contributed by atoms with Gasteiger partial charge < -0.3 is 14.2 Å². The van der Waals surface area contributed by atoms with Crippen molar-refractivity contribution in [1.29, 1.82) is 0 Å². The predicted octanol–water partition coefficient (Wildman–Crippen LogP) is 4.46. The van der Waals surface area contributed by atoms with E-state index in [4.69, 9.17) is 14.2 Å². The monoisotopic (exact) mass is 430 g/mol. The van der Waals surface area contributed by atoms with E-state index in [0.717, 1.165) is 38.9 Å². The standard InChI is InChI=1S/C23H34N4O4/c1-23(2,3)31-22(28)27(14-16-9-11-29-12-10-16)19-13-20(30-17-7-5-6-8-17)24-18-15-26(4)25-21(18)19/h13,15-17H,5-12,14H2,1-4H3. The first kappa shape index (κ1) is 21.9. The summed E-state index contributed by atoms with van der Waals surface area (Å²) in [7, 11) is 1.86. The quantitative estimate of drug-likeness (QED) is 0.697.